The molecular weight excluding hydrogens is 505 g/mol. The van der Waals surface area contributed by atoms with Crippen LogP contribution in [0.4, 0.5) is 5.69 Å². The molecule has 1 amide bonds. The number of nitrogens with one attached hydrogen (secondary N) is 1. The Balaban J connectivity index is 1.65. The van der Waals surface area contributed by atoms with Gasteiger partial charge in [0.25, 0.3) is 5.91 Å². The smallest absolute Gasteiger partial charge is 0.264 e. The molecule has 4 rings (SSSR count). The number of aromatic nitrogens is 1. The van der Waals surface area contributed by atoms with Gasteiger partial charge >= 0.3 is 0 Å². The average Bonchev–Trinajstić information content (AvgIpc) is 3.16. The molecule has 0 spiro atoms. The lowest BCUT2D eigenvalue weighted by Gasteiger charge is -2.11. The molecular formula is C24H22IN3OS. The maximum Gasteiger partial charge on any atom is 0.264 e. The summed E-state index contributed by atoms with van der Waals surface area (Å²) in [6, 6.07) is 16.5. The predicted octanol–water partition coefficient (Wildman–Crippen LogP) is 6.21. The SMILES string of the molecule is Cc1cccc(N=C2NC(=O)/C(=C/c3cc(C)n(-c4ccc(I)c(C)c4)c3C)S2)c1. The number of amidine groups is 1. The van der Waals surface area contributed by atoms with E-state index in [9.17, 15) is 4.79 Å². The predicted molar refractivity (Wildman–Crippen MR) is 135 cm³/mol. The third-order valence-corrected chi connectivity index (χ3v) is 7.16. The van der Waals surface area contributed by atoms with Crippen molar-refractivity contribution < 1.29 is 4.79 Å². The van der Waals surface area contributed by atoms with Crippen LogP contribution in [-0.4, -0.2) is 15.6 Å². The molecule has 0 saturated carbocycles. The third kappa shape index (κ3) is 4.25. The summed E-state index contributed by atoms with van der Waals surface area (Å²) >= 11 is 3.73. The summed E-state index contributed by atoms with van der Waals surface area (Å²) in [5.74, 6) is -0.110. The molecule has 30 heavy (non-hydrogen) atoms. The first-order chi connectivity index (χ1) is 14.3. The van der Waals surface area contributed by atoms with Gasteiger partial charge in [-0.25, -0.2) is 4.99 Å². The quantitative estimate of drug-likeness (QED) is 0.326. The summed E-state index contributed by atoms with van der Waals surface area (Å²) < 4.78 is 3.48. The molecule has 2 heterocycles. The zero-order chi connectivity index (χ0) is 21.4. The number of halogens is 1. The molecule has 1 N–H and O–H groups in total. The van der Waals surface area contributed by atoms with Gasteiger partial charge in [-0.1, -0.05) is 12.1 Å². The van der Waals surface area contributed by atoms with E-state index in [2.05, 4.69) is 82.5 Å². The van der Waals surface area contributed by atoms with Gasteiger partial charge in [0.05, 0.1) is 10.6 Å². The third-order valence-electron chi connectivity index (χ3n) is 5.04. The van der Waals surface area contributed by atoms with E-state index < -0.39 is 0 Å². The molecule has 0 radical (unpaired) electrons. The fourth-order valence-corrected chi connectivity index (χ4v) is 4.70. The second-order valence-corrected chi connectivity index (χ2v) is 9.61. The fraction of sp³-hybridized carbons (Fsp3) is 0.167. The molecule has 3 aromatic rings. The molecule has 6 heteroatoms. The molecule has 1 fully saturated rings. The minimum absolute atomic E-state index is 0.110. The molecule has 152 valence electrons. The van der Waals surface area contributed by atoms with Crippen molar-refractivity contribution in [2.75, 3.05) is 0 Å². The number of thioether (sulfide) groups is 1. The van der Waals surface area contributed by atoms with Gasteiger partial charge in [-0.2, -0.15) is 0 Å². The zero-order valence-corrected chi connectivity index (χ0v) is 20.3. The lowest BCUT2D eigenvalue weighted by molar-refractivity contribution is -0.115. The number of carbonyl (C=O) groups is 1. The summed E-state index contributed by atoms with van der Waals surface area (Å²) in [5.41, 5.74) is 7.65. The van der Waals surface area contributed by atoms with Crippen LogP contribution in [-0.2, 0) is 4.79 Å². The Kier molecular flexibility index (Phi) is 5.88. The van der Waals surface area contributed by atoms with Gasteiger partial charge < -0.3 is 9.88 Å². The molecule has 4 nitrogen and oxygen atoms in total. The zero-order valence-electron chi connectivity index (χ0n) is 17.3. The molecule has 1 saturated heterocycles. The fourth-order valence-electron chi connectivity index (χ4n) is 3.54. The number of aryl methyl sites for hydroxylation is 3. The van der Waals surface area contributed by atoms with E-state index in [0.29, 0.717) is 10.1 Å². The minimum atomic E-state index is -0.110. The Morgan fingerprint density at radius 3 is 2.60 bits per heavy atom. The highest BCUT2D eigenvalue weighted by Crippen LogP contribution is 2.31. The Bertz CT molecular complexity index is 1220. The van der Waals surface area contributed by atoms with Gasteiger partial charge in [0, 0.05) is 20.6 Å². The van der Waals surface area contributed by atoms with Crippen LogP contribution < -0.4 is 5.32 Å². The average molecular weight is 527 g/mol. The molecule has 1 aromatic heterocycles. The number of amides is 1. The Hall–Kier alpha value is -2.32. The van der Waals surface area contributed by atoms with Gasteiger partial charge in [0.15, 0.2) is 5.17 Å². The van der Waals surface area contributed by atoms with Gasteiger partial charge in [-0.15, -0.1) is 0 Å². The number of hydrogen-bond donors (Lipinski definition) is 1. The van der Waals surface area contributed by atoms with E-state index in [0.717, 1.165) is 33.9 Å². The lowest BCUT2D eigenvalue weighted by atomic mass is 10.2. The van der Waals surface area contributed by atoms with Gasteiger partial charge in [0.2, 0.25) is 0 Å². The normalized spacial score (nSPS) is 16.5. The number of benzene rings is 2. The van der Waals surface area contributed by atoms with Gasteiger partial charge in [-0.3, -0.25) is 4.79 Å². The van der Waals surface area contributed by atoms with E-state index >= 15 is 0 Å². The minimum Gasteiger partial charge on any atom is -0.318 e. The molecule has 1 aliphatic rings. The van der Waals surface area contributed by atoms with E-state index in [-0.39, 0.29) is 5.91 Å². The molecule has 1 aliphatic heterocycles. The summed E-state index contributed by atoms with van der Waals surface area (Å²) in [5, 5.41) is 3.49. The maximum atomic E-state index is 12.5. The topological polar surface area (TPSA) is 46.4 Å². The summed E-state index contributed by atoms with van der Waals surface area (Å²) in [6.45, 7) is 8.33. The van der Waals surface area contributed by atoms with Crippen LogP contribution in [0.15, 0.2) is 58.4 Å². The first kappa shape index (κ1) is 20.9. The van der Waals surface area contributed by atoms with Crippen molar-refractivity contribution in [2.45, 2.75) is 27.7 Å². The molecule has 0 aliphatic carbocycles. The van der Waals surface area contributed by atoms with Gasteiger partial charge in [-0.05, 0) is 121 Å². The van der Waals surface area contributed by atoms with Crippen molar-refractivity contribution in [2.24, 2.45) is 4.99 Å². The number of hydrogen-bond acceptors (Lipinski definition) is 3. The van der Waals surface area contributed by atoms with Crippen LogP contribution in [0.2, 0.25) is 0 Å². The van der Waals surface area contributed by atoms with Crippen LogP contribution >= 0.6 is 34.4 Å². The van der Waals surface area contributed by atoms with Gasteiger partial charge in [0.1, 0.15) is 0 Å². The largest absolute Gasteiger partial charge is 0.318 e. The Labute approximate surface area is 194 Å². The molecule has 2 aromatic carbocycles. The Morgan fingerprint density at radius 1 is 1.07 bits per heavy atom. The van der Waals surface area contributed by atoms with Crippen molar-refractivity contribution >= 4 is 57.2 Å². The maximum absolute atomic E-state index is 12.5. The first-order valence-electron chi connectivity index (χ1n) is 9.63. The summed E-state index contributed by atoms with van der Waals surface area (Å²) in [6.07, 6.45) is 1.96. The molecule has 0 bridgehead atoms. The highest BCUT2D eigenvalue weighted by Gasteiger charge is 2.24. The van der Waals surface area contributed by atoms with Crippen molar-refractivity contribution in [1.82, 2.24) is 9.88 Å². The van der Waals surface area contributed by atoms with E-state index in [1.807, 2.05) is 37.3 Å². The van der Waals surface area contributed by atoms with Crippen LogP contribution in [0.5, 0.6) is 0 Å². The van der Waals surface area contributed by atoms with Crippen LogP contribution in [0, 0.1) is 31.3 Å². The second-order valence-electron chi connectivity index (χ2n) is 7.42. The van der Waals surface area contributed by atoms with Crippen molar-refractivity contribution in [3.63, 3.8) is 0 Å². The van der Waals surface area contributed by atoms with Crippen molar-refractivity contribution in [3.8, 4) is 5.69 Å². The summed E-state index contributed by atoms with van der Waals surface area (Å²) in [7, 11) is 0. The number of carbonyl (C=O) groups excluding carboxylic acids is 1. The lowest BCUT2D eigenvalue weighted by Crippen LogP contribution is -2.19. The standard InChI is InChI=1S/C24H22IN3OS/c1-14-6-5-7-19(10-14)26-24-27-23(29)22(30-24)13-18-12-16(3)28(17(18)4)20-8-9-21(25)15(2)11-20/h5-13H,1-4H3,(H,26,27,29)/b22-13-. The van der Waals surface area contributed by atoms with Crippen LogP contribution in [0.3, 0.4) is 0 Å². The number of rotatable bonds is 3. The molecule has 0 atom stereocenters. The van der Waals surface area contributed by atoms with Crippen molar-refractivity contribution in [3.05, 3.63) is 85.1 Å². The van der Waals surface area contributed by atoms with E-state index in [1.54, 1.807) is 0 Å². The summed E-state index contributed by atoms with van der Waals surface area (Å²) in [4.78, 5) is 17.7. The number of nitrogens with zero attached hydrogens (tertiary/aromatic N) is 2. The highest BCUT2D eigenvalue weighted by atomic mass is 127. The monoisotopic (exact) mass is 527 g/mol. The second kappa shape index (κ2) is 8.43. The Morgan fingerprint density at radius 2 is 1.87 bits per heavy atom. The van der Waals surface area contributed by atoms with E-state index in [4.69, 9.17) is 0 Å². The van der Waals surface area contributed by atoms with Crippen molar-refractivity contribution in [1.29, 1.82) is 0 Å². The molecule has 0 unspecified atom stereocenters. The van der Waals surface area contributed by atoms with E-state index in [1.165, 1.54) is 20.9 Å². The van der Waals surface area contributed by atoms with Crippen LogP contribution in [0.1, 0.15) is 28.1 Å². The number of aliphatic imine (C=N–C) groups is 1. The van der Waals surface area contributed by atoms with Crippen LogP contribution in [0.25, 0.3) is 11.8 Å². The highest BCUT2D eigenvalue weighted by molar-refractivity contribution is 14.1. The first-order valence-corrected chi connectivity index (χ1v) is 11.5.